The molecule has 0 aromatic heterocycles. The van der Waals surface area contributed by atoms with Crippen LogP contribution in [-0.4, -0.2) is 20.2 Å². The van der Waals surface area contributed by atoms with Gasteiger partial charge in [0.1, 0.15) is 11.5 Å². The van der Waals surface area contributed by atoms with Gasteiger partial charge in [0.15, 0.2) is 5.75 Å². The van der Waals surface area contributed by atoms with E-state index >= 15 is 0 Å². The van der Waals surface area contributed by atoms with Crippen LogP contribution in [0.4, 0.5) is 13.2 Å². The van der Waals surface area contributed by atoms with Crippen LogP contribution in [0.15, 0.2) is 48.5 Å². The van der Waals surface area contributed by atoms with E-state index in [9.17, 15) is 18.0 Å². The topological polar surface area (TPSA) is 44.8 Å². The molecule has 0 N–H and O–H groups in total. The summed E-state index contributed by atoms with van der Waals surface area (Å²) in [7, 11) is 2.75. The maximum absolute atomic E-state index is 13.0. The van der Waals surface area contributed by atoms with E-state index in [0.717, 1.165) is 12.1 Å². The Labute approximate surface area is 198 Å². The van der Waals surface area contributed by atoms with Crippen LogP contribution in [0.2, 0.25) is 10.0 Å². The zero-order valence-corrected chi connectivity index (χ0v) is 19.4. The third-order valence-corrected chi connectivity index (χ3v) is 5.51. The van der Waals surface area contributed by atoms with Crippen LogP contribution in [0, 0.1) is 6.92 Å². The first-order valence-corrected chi connectivity index (χ1v) is 10.4. The lowest BCUT2D eigenvalue weighted by Crippen LogP contribution is -2.05. The summed E-state index contributed by atoms with van der Waals surface area (Å²) < 4.78 is 54.9. The van der Waals surface area contributed by atoms with Crippen LogP contribution >= 0.6 is 23.2 Å². The highest BCUT2D eigenvalue weighted by Gasteiger charge is 2.30. The van der Waals surface area contributed by atoms with Crippen molar-refractivity contribution in [1.82, 2.24) is 0 Å². The van der Waals surface area contributed by atoms with Crippen molar-refractivity contribution in [3.05, 3.63) is 75.3 Å². The monoisotopic (exact) mass is 498 g/mol. The van der Waals surface area contributed by atoms with Crippen molar-refractivity contribution in [3.63, 3.8) is 0 Å². The molecule has 0 aliphatic carbocycles. The number of rotatable bonds is 6. The molecule has 0 bridgehead atoms. The first-order valence-electron chi connectivity index (χ1n) is 9.63. The maximum Gasteiger partial charge on any atom is 0.416 e. The predicted octanol–water partition coefficient (Wildman–Crippen LogP) is 7.50. The van der Waals surface area contributed by atoms with Crippen LogP contribution in [0.1, 0.15) is 16.7 Å². The minimum absolute atomic E-state index is 0.00411. The summed E-state index contributed by atoms with van der Waals surface area (Å²) in [5, 5.41) is 0.375. The van der Waals surface area contributed by atoms with Gasteiger partial charge in [0.2, 0.25) is 0 Å². The van der Waals surface area contributed by atoms with Crippen molar-refractivity contribution in [2.45, 2.75) is 19.5 Å². The number of halogens is 5. The van der Waals surface area contributed by atoms with Crippen LogP contribution in [-0.2, 0) is 22.1 Å². The molecule has 0 unspecified atom stereocenters. The summed E-state index contributed by atoms with van der Waals surface area (Å²) in [6.45, 7) is 1.75. The summed E-state index contributed by atoms with van der Waals surface area (Å²) in [5.41, 5.74) is 1.51. The average Bonchev–Trinajstić information content (AvgIpc) is 2.76. The molecule has 0 spiro atoms. The number of carbonyl (C=O) groups excluding carboxylic acids is 1. The smallest absolute Gasteiger partial charge is 0.416 e. The molecule has 3 rings (SSSR count). The third-order valence-electron chi connectivity index (χ3n) is 4.94. The number of methoxy groups -OCH3 is 2. The Balaban J connectivity index is 2.00. The summed E-state index contributed by atoms with van der Waals surface area (Å²) in [5.74, 6) is 0.585. The van der Waals surface area contributed by atoms with Crippen molar-refractivity contribution in [3.8, 4) is 28.4 Å². The van der Waals surface area contributed by atoms with Gasteiger partial charge in [0.25, 0.3) is 0 Å². The van der Waals surface area contributed by atoms with Crippen LogP contribution in [0.3, 0.4) is 0 Å². The van der Waals surface area contributed by atoms with Gasteiger partial charge in [-0.05, 0) is 54.4 Å². The predicted molar refractivity (Wildman–Crippen MR) is 120 cm³/mol. The molecule has 0 aliphatic heterocycles. The Morgan fingerprint density at radius 1 is 0.939 bits per heavy atom. The Morgan fingerprint density at radius 3 is 2.03 bits per heavy atom. The largest absolute Gasteiger partial charge is 0.496 e. The Bertz CT molecular complexity index is 1150. The van der Waals surface area contributed by atoms with Gasteiger partial charge in [-0.2, -0.15) is 13.2 Å². The molecule has 0 amide bonds. The van der Waals surface area contributed by atoms with E-state index in [1.165, 1.54) is 26.4 Å². The second kappa shape index (κ2) is 9.93. The molecule has 0 aliphatic rings. The molecule has 3 aromatic rings. The van der Waals surface area contributed by atoms with Gasteiger partial charge < -0.3 is 14.2 Å². The molecule has 9 heteroatoms. The van der Waals surface area contributed by atoms with E-state index in [1.807, 2.05) is 0 Å². The summed E-state index contributed by atoms with van der Waals surface area (Å²) in [6.07, 6.45) is -4.44. The van der Waals surface area contributed by atoms with Crippen LogP contribution in [0.25, 0.3) is 11.1 Å². The SMILES string of the molecule is COC(=O)Cc1cc(Cl)c(Oc2ccc(OC)c(-c3ccc(C(F)(F)F)cc3)c2C)c(Cl)c1. The van der Waals surface area contributed by atoms with Gasteiger partial charge in [-0.15, -0.1) is 0 Å². The number of esters is 1. The summed E-state index contributed by atoms with van der Waals surface area (Å²) in [6, 6.07) is 11.2. The van der Waals surface area contributed by atoms with Gasteiger partial charge in [-0.25, -0.2) is 0 Å². The number of alkyl halides is 3. The fraction of sp³-hybridized carbons (Fsp3) is 0.208. The van der Waals surface area contributed by atoms with Crippen molar-refractivity contribution in [1.29, 1.82) is 0 Å². The Morgan fingerprint density at radius 2 is 1.52 bits per heavy atom. The minimum Gasteiger partial charge on any atom is -0.496 e. The quantitative estimate of drug-likeness (QED) is 0.330. The minimum atomic E-state index is -4.43. The molecule has 0 heterocycles. The molecule has 0 radical (unpaired) electrons. The lowest BCUT2D eigenvalue weighted by Gasteiger charge is -2.18. The lowest BCUT2D eigenvalue weighted by molar-refractivity contribution is -0.140. The van der Waals surface area contributed by atoms with Crippen molar-refractivity contribution in [2.24, 2.45) is 0 Å². The average molecular weight is 499 g/mol. The highest BCUT2D eigenvalue weighted by atomic mass is 35.5. The second-order valence-corrected chi connectivity index (χ2v) is 7.90. The summed E-state index contributed by atoms with van der Waals surface area (Å²) >= 11 is 12.7. The molecular weight excluding hydrogens is 480 g/mol. The number of hydrogen-bond donors (Lipinski definition) is 0. The molecule has 174 valence electrons. The normalized spacial score (nSPS) is 11.3. The fourth-order valence-corrected chi connectivity index (χ4v) is 3.90. The van der Waals surface area contributed by atoms with Gasteiger partial charge in [-0.3, -0.25) is 4.79 Å². The van der Waals surface area contributed by atoms with Crippen molar-refractivity contribution in [2.75, 3.05) is 14.2 Å². The highest BCUT2D eigenvalue weighted by Crippen LogP contribution is 2.43. The van der Waals surface area contributed by atoms with Gasteiger partial charge in [0.05, 0.1) is 36.2 Å². The van der Waals surface area contributed by atoms with Gasteiger partial charge in [-0.1, -0.05) is 35.3 Å². The number of carbonyl (C=O) groups is 1. The van der Waals surface area contributed by atoms with Crippen molar-refractivity contribution < 1.29 is 32.2 Å². The zero-order valence-electron chi connectivity index (χ0n) is 17.8. The molecule has 0 saturated heterocycles. The molecule has 0 atom stereocenters. The van der Waals surface area contributed by atoms with E-state index in [4.69, 9.17) is 32.7 Å². The number of hydrogen-bond acceptors (Lipinski definition) is 4. The fourth-order valence-electron chi connectivity index (χ4n) is 3.29. The third kappa shape index (κ3) is 5.54. The van der Waals surface area contributed by atoms with Crippen LogP contribution < -0.4 is 9.47 Å². The van der Waals surface area contributed by atoms with Gasteiger partial charge in [0, 0.05) is 11.1 Å². The number of benzene rings is 3. The molecule has 0 fully saturated rings. The first-order chi connectivity index (χ1) is 15.5. The molecule has 4 nitrogen and oxygen atoms in total. The Kier molecular flexibility index (Phi) is 7.44. The van der Waals surface area contributed by atoms with E-state index in [0.29, 0.717) is 33.8 Å². The molecule has 33 heavy (non-hydrogen) atoms. The van der Waals surface area contributed by atoms with E-state index < -0.39 is 17.7 Å². The second-order valence-electron chi connectivity index (χ2n) is 7.08. The van der Waals surface area contributed by atoms with E-state index in [-0.39, 0.29) is 22.2 Å². The standard InChI is InChI=1S/C24H19Cl2F3O4/c1-13-19(33-23-17(25)10-14(11-18(23)26)12-21(30)32-3)8-9-20(31-2)22(13)15-4-6-16(7-5-15)24(27,28)29/h4-11H,12H2,1-3H3. The lowest BCUT2D eigenvalue weighted by atomic mass is 9.97. The van der Waals surface area contributed by atoms with Crippen LogP contribution in [0.5, 0.6) is 17.2 Å². The molecule has 3 aromatic carbocycles. The molecule has 0 saturated carbocycles. The highest BCUT2D eigenvalue weighted by molar-refractivity contribution is 6.37. The van der Waals surface area contributed by atoms with Gasteiger partial charge >= 0.3 is 12.1 Å². The summed E-state index contributed by atoms with van der Waals surface area (Å²) in [4.78, 5) is 11.5. The zero-order chi connectivity index (χ0) is 24.3. The van der Waals surface area contributed by atoms with E-state index in [2.05, 4.69) is 4.74 Å². The maximum atomic E-state index is 13.0. The van der Waals surface area contributed by atoms with Crippen molar-refractivity contribution >= 4 is 29.2 Å². The number of ether oxygens (including phenoxy) is 3. The first kappa shape index (κ1) is 24.7. The molecular formula is C24H19Cl2F3O4. The van der Waals surface area contributed by atoms with E-state index in [1.54, 1.807) is 31.2 Å². The Hall–Kier alpha value is -2.90.